The van der Waals surface area contributed by atoms with Gasteiger partial charge in [-0.15, -0.1) is 12.4 Å². The third-order valence-electron chi connectivity index (χ3n) is 6.45. The summed E-state index contributed by atoms with van der Waals surface area (Å²) >= 11 is 0. The molecular formula is C24H33ClN2O4S. The zero-order valence-corrected chi connectivity index (χ0v) is 20.7. The minimum atomic E-state index is -3.43. The Kier molecular flexibility index (Phi) is 8.09. The van der Waals surface area contributed by atoms with Crippen LogP contribution in [-0.4, -0.2) is 58.0 Å². The van der Waals surface area contributed by atoms with Crippen LogP contribution in [0.2, 0.25) is 0 Å². The topological polar surface area (TPSA) is 59.1 Å². The summed E-state index contributed by atoms with van der Waals surface area (Å²) in [6.45, 7) is 5.90. The first kappa shape index (κ1) is 24.8. The molecule has 176 valence electrons. The summed E-state index contributed by atoms with van der Waals surface area (Å²) in [6.07, 6.45) is 2.94. The van der Waals surface area contributed by atoms with Crippen LogP contribution in [-0.2, 0) is 23.0 Å². The lowest BCUT2D eigenvalue weighted by Crippen LogP contribution is -2.44. The maximum atomic E-state index is 13.1. The molecule has 0 bridgehead atoms. The van der Waals surface area contributed by atoms with E-state index < -0.39 is 10.0 Å². The van der Waals surface area contributed by atoms with E-state index >= 15 is 0 Å². The Morgan fingerprint density at radius 1 is 1.00 bits per heavy atom. The molecule has 2 aliphatic heterocycles. The number of aryl methyl sites for hydroxylation is 1. The Bertz CT molecular complexity index is 1030. The molecule has 2 aliphatic rings. The molecule has 0 amide bonds. The summed E-state index contributed by atoms with van der Waals surface area (Å²) in [5.41, 5.74) is 3.64. The Hall–Kier alpha value is -1.80. The molecule has 6 nitrogen and oxygen atoms in total. The molecule has 1 unspecified atom stereocenters. The zero-order valence-electron chi connectivity index (χ0n) is 19.0. The molecule has 8 heteroatoms. The highest BCUT2D eigenvalue weighted by molar-refractivity contribution is 7.89. The van der Waals surface area contributed by atoms with Crippen molar-refractivity contribution in [1.29, 1.82) is 0 Å². The quantitative estimate of drug-likeness (QED) is 0.627. The number of piperidine rings is 1. The van der Waals surface area contributed by atoms with Crippen molar-refractivity contribution in [2.75, 3.05) is 40.4 Å². The highest BCUT2D eigenvalue weighted by Crippen LogP contribution is 2.34. The SMILES string of the molecule is COc1cc2c(cc1OC)CN(CC1CCCN(S(=O)(=O)c3ccc(C)cc3)C1)CC2.Cl. The molecule has 0 aromatic heterocycles. The second-order valence-electron chi connectivity index (χ2n) is 8.65. The van der Waals surface area contributed by atoms with Gasteiger partial charge < -0.3 is 9.47 Å². The Labute approximate surface area is 198 Å². The first-order valence-corrected chi connectivity index (χ1v) is 12.4. The predicted molar refractivity (Wildman–Crippen MR) is 128 cm³/mol. The molecule has 32 heavy (non-hydrogen) atoms. The van der Waals surface area contributed by atoms with Crippen LogP contribution in [0.4, 0.5) is 0 Å². The van der Waals surface area contributed by atoms with E-state index in [4.69, 9.17) is 9.47 Å². The van der Waals surface area contributed by atoms with Gasteiger partial charge in [-0.3, -0.25) is 4.90 Å². The Balaban J connectivity index is 0.00000289. The van der Waals surface area contributed by atoms with Crippen LogP contribution in [0.15, 0.2) is 41.3 Å². The highest BCUT2D eigenvalue weighted by atomic mass is 35.5. The first-order valence-electron chi connectivity index (χ1n) is 10.9. The molecule has 4 rings (SSSR count). The summed E-state index contributed by atoms with van der Waals surface area (Å²) in [5, 5.41) is 0. The first-order chi connectivity index (χ1) is 14.9. The number of halogens is 1. The molecule has 0 spiro atoms. The van der Waals surface area contributed by atoms with Crippen molar-refractivity contribution in [2.45, 2.75) is 37.6 Å². The van der Waals surface area contributed by atoms with E-state index in [2.05, 4.69) is 17.0 Å². The fourth-order valence-electron chi connectivity index (χ4n) is 4.72. The lowest BCUT2D eigenvalue weighted by molar-refractivity contribution is 0.167. The average molecular weight is 481 g/mol. The minimum absolute atomic E-state index is 0. The molecular weight excluding hydrogens is 448 g/mol. The maximum Gasteiger partial charge on any atom is 0.243 e. The van der Waals surface area contributed by atoms with Crippen molar-refractivity contribution in [3.05, 3.63) is 53.1 Å². The summed E-state index contributed by atoms with van der Waals surface area (Å²) in [5.74, 6) is 1.88. The minimum Gasteiger partial charge on any atom is -0.493 e. The molecule has 2 heterocycles. The van der Waals surface area contributed by atoms with Gasteiger partial charge in [-0.25, -0.2) is 8.42 Å². The molecule has 0 aliphatic carbocycles. The molecule has 0 saturated carbocycles. The Morgan fingerprint density at radius 3 is 2.31 bits per heavy atom. The third-order valence-corrected chi connectivity index (χ3v) is 8.33. The van der Waals surface area contributed by atoms with Gasteiger partial charge in [0, 0.05) is 32.7 Å². The van der Waals surface area contributed by atoms with Crippen molar-refractivity contribution in [3.8, 4) is 11.5 Å². The van der Waals surface area contributed by atoms with E-state index in [1.54, 1.807) is 30.7 Å². The summed E-state index contributed by atoms with van der Waals surface area (Å²) in [4.78, 5) is 2.84. The average Bonchev–Trinajstić information content (AvgIpc) is 2.78. The highest BCUT2D eigenvalue weighted by Gasteiger charge is 2.31. The van der Waals surface area contributed by atoms with E-state index in [9.17, 15) is 8.42 Å². The van der Waals surface area contributed by atoms with Gasteiger partial charge in [0.05, 0.1) is 19.1 Å². The number of sulfonamides is 1. The van der Waals surface area contributed by atoms with Gasteiger partial charge in [0.15, 0.2) is 11.5 Å². The fraction of sp³-hybridized carbons (Fsp3) is 0.500. The maximum absolute atomic E-state index is 13.1. The third kappa shape index (κ3) is 5.22. The fourth-order valence-corrected chi connectivity index (χ4v) is 6.27. The summed E-state index contributed by atoms with van der Waals surface area (Å²) in [7, 11) is -0.105. The van der Waals surface area contributed by atoms with Crippen molar-refractivity contribution >= 4 is 22.4 Å². The monoisotopic (exact) mass is 480 g/mol. The van der Waals surface area contributed by atoms with Gasteiger partial charge in [-0.1, -0.05) is 17.7 Å². The number of hydrogen-bond acceptors (Lipinski definition) is 5. The number of benzene rings is 2. The van der Waals surface area contributed by atoms with E-state index in [1.807, 2.05) is 19.1 Å². The van der Waals surface area contributed by atoms with Crippen molar-refractivity contribution < 1.29 is 17.9 Å². The second-order valence-corrected chi connectivity index (χ2v) is 10.6. The van der Waals surface area contributed by atoms with Crippen molar-refractivity contribution in [3.63, 3.8) is 0 Å². The summed E-state index contributed by atoms with van der Waals surface area (Å²) in [6, 6.07) is 11.3. The van der Waals surface area contributed by atoms with Gasteiger partial charge in [0.2, 0.25) is 10.0 Å². The standard InChI is InChI=1S/C24H32N2O4S.ClH/c1-18-6-8-22(9-7-18)31(27,28)26-11-4-5-19(16-26)15-25-12-10-20-13-23(29-2)24(30-3)14-21(20)17-25;/h6-9,13-14,19H,4-5,10-12,15-17H2,1-3H3;1H. The van der Waals surface area contributed by atoms with Gasteiger partial charge in [0.1, 0.15) is 0 Å². The van der Waals surface area contributed by atoms with Crippen LogP contribution >= 0.6 is 12.4 Å². The van der Waals surface area contributed by atoms with Crippen LogP contribution in [0.5, 0.6) is 11.5 Å². The van der Waals surface area contributed by atoms with E-state index in [-0.39, 0.29) is 12.4 Å². The number of hydrogen-bond donors (Lipinski definition) is 0. The van der Waals surface area contributed by atoms with E-state index in [1.165, 1.54) is 11.1 Å². The Morgan fingerprint density at radius 2 is 1.66 bits per heavy atom. The van der Waals surface area contributed by atoms with Gasteiger partial charge in [-0.2, -0.15) is 4.31 Å². The van der Waals surface area contributed by atoms with Gasteiger partial charge >= 0.3 is 0 Å². The number of nitrogens with zero attached hydrogens (tertiary/aromatic N) is 2. The smallest absolute Gasteiger partial charge is 0.243 e. The summed E-state index contributed by atoms with van der Waals surface area (Å²) < 4.78 is 38.8. The molecule has 2 aromatic carbocycles. The second kappa shape index (κ2) is 10.4. The number of methoxy groups -OCH3 is 2. The lowest BCUT2D eigenvalue weighted by Gasteiger charge is -2.37. The van der Waals surface area contributed by atoms with Crippen molar-refractivity contribution in [1.82, 2.24) is 9.21 Å². The van der Waals surface area contributed by atoms with Crippen LogP contribution in [0.25, 0.3) is 0 Å². The van der Waals surface area contributed by atoms with E-state index in [0.717, 1.165) is 56.0 Å². The largest absolute Gasteiger partial charge is 0.493 e. The van der Waals surface area contributed by atoms with Gasteiger partial charge in [0.25, 0.3) is 0 Å². The number of rotatable bonds is 6. The van der Waals surface area contributed by atoms with Crippen LogP contribution in [0.1, 0.15) is 29.5 Å². The molecule has 2 aromatic rings. The molecule has 0 radical (unpaired) electrons. The molecule has 1 atom stereocenters. The zero-order chi connectivity index (χ0) is 22.0. The number of ether oxygens (including phenoxy) is 2. The van der Waals surface area contributed by atoms with Crippen molar-refractivity contribution in [2.24, 2.45) is 5.92 Å². The van der Waals surface area contributed by atoms with E-state index in [0.29, 0.717) is 23.9 Å². The lowest BCUT2D eigenvalue weighted by atomic mass is 9.95. The normalized spacial score (nSPS) is 19.7. The predicted octanol–water partition coefficient (Wildman–Crippen LogP) is 3.89. The van der Waals surface area contributed by atoms with Crippen LogP contribution < -0.4 is 9.47 Å². The van der Waals surface area contributed by atoms with Crippen LogP contribution in [0.3, 0.4) is 0 Å². The molecule has 1 saturated heterocycles. The molecule has 0 N–H and O–H groups in total. The van der Waals surface area contributed by atoms with Gasteiger partial charge in [-0.05, 0) is 67.5 Å². The molecule has 1 fully saturated rings. The number of fused-ring (bicyclic) bond motifs is 1. The van der Waals surface area contributed by atoms with Crippen LogP contribution in [0, 0.1) is 12.8 Å².